The molecule has 3 atom stereocenters. The van der Waals surface area contributed by atoms with Crippen molar-refractivity contribution in [1.82, 2.24) is 14.7 Å². The first kappa shape index (κ1) is 39.4. The summed E-state index contributed by atoms with van der Waals surface area (Å²) in [6.07, 6.45) is 1.27. The summed E-state index contributed by atoms with van der Waals surface area (Å²) in [4.78, 5) is 65.9. The van der Waals surface area contributed by atoms with Gasteiger partial charge in [0.15, 0.2) is 0 Å². The number of methoxy groups -OCH3 is 4. The quantitative estimate of drug-likeness (QED) is 0.277. The van der Waals surface area contributed by atoms with Gasteiger partial charge in [-0.25, -0.2) is 9.69 Å². The first-order valence-corrected chi connectivity index (χ1v) is 17.8. The van der Waals surface area contributed by atoms with Gasteiger partial charge in [0.05, 0.1) is 46.3 Å². The SMILES string of the molecule is COc1ccc(CN2CC(C(=O)N3C(=O)OC[C@H]3Cc3ccccc3)CCC2=O)c(OC)c1.COc1ccc(CN2CC(C(=O)O)CCC2=O)c(OC)c1. The van der Waals surface area contributed by atoms with E-state index in [9.17, 15) is 24.0 Å². The molecule has 54 heavy (non-hydrogen) atoms. The number of amides is 4. The highest BCUT2D eigenvalue weighted by atomic mass is 16.6. The van der Waals surface area contributed by atoms with E-state index >= 15 is 0 Å². The lowest BCUT2D eigenvalue weighted by Crippen LogP contribution is -2.49. The molecular weight excluding hydrogens is 698 g/mol. The number of carboxylic acids is 1. The summed E-state index contributed by atoms with van der Waals surface area (Å²) in [5, 5.41) is 9.10. The van der Waals surface area contributed by atoms with Gasteiger partial charge in [-0.2, -0.15) is 0 Å². The summed E-state index contributed by atoms with van der Waals surface area (Å²) in [5.41, 5.74) is 2.69. The van der Waals surface area contributed by atoms with Gasteiger partial charge in [-0.1, -0.05) is 30.3 Å². The number of carboxylic acid groups (broad SMARTS) is 1. The maximum Gasteiger partial charge on any atom is 0.416 e. The van der Waals surface area contributed by atoms with Crippen molar-refractivity contribution in [2.24, 2.45) is 11.8 Å². The zero-order valence-corrected chi connectivity index (χ0v) is 31.0. The van der Waals surface area contributed by atoms with Crippen LogP contribution in [-0.4, -0.2) is 104 Å². The van der Waals surface area contributed by atoms with Crippen molar-refractivity contribution in [1.29, 1.82) is 0 Å². The summed E-state index contributed by atoms with van der Waals surface area (Å²) >= 11 is 0. The van der Waals surface area contributed by atoms with Crippen molar-refractivity contribution in [3.63, 3.8) is 0 Å². The predicted octanol–water partition coefficient (Wildman–Crippen LogP) is 4.56. The minimum absolute atomic E-state index is 0.0228. The Labute approximate surface area is 314 Å². The third-order valence-electron chi connectivity index (χ3n) is 9.92. The number of piperidine rings is 2. The highest BCUT2D eigenvalue weighted by Crippen LogP contribution is 2.31. The molecule has 14 nitrogen and oxygen atoms in total. The summed E-state index contributed by atoms with van der Waals surface area (Å²) in [6.45, 7) is 1.32. The molecule has 288 valence electrons. The Bertz CT molecular complexity index is 1820. The lowest BCUT2D eigenvalue weighted by atomic mass is 9.94. The zero-order chi connectivity index (χ0) is 38.8. The summed E-state index contributed by atoms with van der Waals surface area (Å²) in [7, 11) is 6.26. The monoisotopic (exact) mass is 745 g/mol. The second-order valence-electron chi connectivity index (χ2n) is 13.3. The Kier molecular flexibility index (Phi) is 13.4. The number of carbonyl (C=O) groups is 5. The number of ether oxygens (including phenoxy) is 5. The topological polar surface area (TPSA) is 161 Å². The smallest absolute Gasteiger partial charge is 0.416 e. The Morgan fingerprint density at radius 2 is 1.24 bits per heavy atom. The van der Waals surface area contributed by atoms with E-state index in [1.165, 1.54) is 4.90 Å². The van der Waals surface area contributed by atoms with Crippen LogP contribution < -0.4 is 18.9 Å². The van der Waals surface area contributed by atoms with Crippen molar-refractivity contribution in [2.45, 2.75) is 51.2 Å². The van der Waals surface area contributed by atoms with E-state index in [1.807, 2.05) is 48.5 Å². The van der Waals surface area contributed by atoms with E-state index < -0.39 is 23.9 Å². The van der Waals surface area contributed by atoms with Crippen molar-refractivity contribution >= 4 is 29.8 Å². The largest absolute Gasteiger partial charge is 0.497 e. The number of likely N-dealkylation sites (tertiary alicyclic amines) is 2. The van der Waals surface area contributed by atoms with Crippen LogP contribution in [0, 0.1) is 11.8 Å². The molecule has 4 amide bonds. The molecule has 2 unspecified atom stereocenters. The number of rotatable bonds is 12. The van der Waals surface area contributed by atoms with Crippen molar-refractivity contribution in [3.8, 4) is 23.0 Å². The molecule has 0 radical (unpaired) electrons. The summed E-state index contributed by atoms with van der Waals surface area (Å²) in [6, 6.07) is 20.2. The number of hydrogen-bond donors (Lipinski definition) is 1. The van der Waals surface area contributed by atoms with Crippen molar-refractivity contribution in [2.75, 3.05) is 48.1 Å². The zero-order valence-electron chi connectivity index (χ0n) is 31.0. The van der Waals surface area contributed by atoms with E-state index in [-0.39, 0.29) is 56.3 Å². The number of imide groups is 1. The highest BCUT2D eigenvalue weighted by Gasteiger charge is 2.43. The Balaban J connectivity index is 0.000000230. The summed E-state index contributed by atoms with van der Waals surface area (Å²) in [5.74, 6) is 0.428. The van der Waals surface area contributed by atoms with Crippen LogP contribution in [0.4, 0.5) is 4.79 Å². The lowest BCUT2D eigenvalue weighted by molar-refractivity contribution is -0.148. The number of aliphatic carboxylic acids is 1. The molecule has 3 saturated heterocycles. The Hall–Kier alpha value is -5.79. The molecule has 0 saturated carbocycles. The number of nitrogens with zero attached hydrogens (tertiary/aromatic N) is 3. The maximum atomic E-state index is 13.4. The third-order valence-corrected chi connectivity index (χ3v) is 9.92. The number of cyclic esters (lactones) is 1. The van der Waals surface area contributed by atoms with Crippen molar-refractivity contribution in [3.05, 3.63) is 83.4 Å². The summed E-state index contributed by atoms with van der Waals surface area (Å²) < 4.78 is 26.3. The highest BCUT2D eigenvalue weighted by molar-refractivity contribution is 5.96. The van der Waals surface area contributed by atoms with Gasteiger partial charge in [-0.05, 0) is 49.1 Å². The molecule has 1 N–H and O–H groups in total. The fourth-order valence-corrected chi connectivity index (χ4v) is 6.88. The van der Waals surface area contributed by atoms with Crippen LogP contribution in [-0.2, 0) is 43.4 Å². The van der Waals surface area contributed by atoms with Crippen LogP contribution in [0.25, 0.3) is 0 Å². The molecule has 0 spiro atoms. The standard InChI is InChI=1S/C25H28N2O6.C15H19NO5/c1-31-21-10-8-18(22(13-21)32-2)14-26-15-19(9-11-23(26)28)24(29)27-20(16-33-25(27)30)12-17-6-4-3-5-7-17;1-20-12-5-3-10(13(7-12)21-2)8-16-9-11(15(18)19)4-6-14(16)17/h3-8,10,13,19-20H,9,11-12,14-16H2,1-2H3;3,5,7,11H,4,6,8-9H2,1-2H3,(H,18,19)/t19?,20-;/m1./s1. The molecule has 3 aliphatic heterocycles. The molecule has 3 aromatic carbocycles. The average Bonchev–Trinajstić information content (AvgIpc) is 3.55. The van der Waals surface area contributed by atoms with E-state index in [2.05, 4.69) is 0 Å². The molecular formula is C40H47N3O11. The van der Waals surface area contributed by atoms with Crippen LogP contribution in [0.1, 0.15) is 42.4 Å². The van der Waals surface area contributed by atoms with E-state index in [0.717, 1.165) is 16.7 Å². The molecule has 3 aliphatic rings. The first-order chi connectivity index (χ1) is 26.0. The van der Waals surface area contributed by atoms with Gasteiger partial charge in [0.1, 0.15) is 29.6 Å². The second-order valence-corrected chi connectivity index (χ2v) is 13.3. The number of hydrogen-bond acceptors (Lipinski definition) is 10. The van der Waals surface area contributed by atoms with E-state index in [0.29, 0.717) is 55.4 Å². The van der Waals surface area contributed by atoms with Gasteiger partial charge in [-0.15, -0.1) is 0 Å². The van der Waals surface area contributed by atoms with Gasteiger partial charge in [-0.3, -0.25) is 19.2 Å². The fraction of sp³-hybridized carbons (Fsp3) is 0.425. The van der Waals surface area contributed by atoms with Crippen molar-refractivity contribution < 1.29 is 52.8 Å². The average molecular weight is 746 g/mol. The molecule has 3 heterocycles. The molecule has 6 rings (SSSR count). The normalized spacial score (nSPS) is 19.7. The molecule has 3 aromatic rings. The lowest BCUT2D eigenvalue weighted by Gasteiger charge is -2.34. The van der Waals surface area contributed by atoms with Gasteiger partial charge >= 0.3 is 12.1 Å². The third kappa shape index (κ3) is 9.60. The molecule has 14 heteroatoms. The van der Waals surface area contributed by atoms with Gasteiger partial charge in [0.25, 0.3) is 0 Å². The van der Waals surface area contributed by atoms with Gasteiger partial charge in [0.2, 0.25) is 17.7 Å². The Morgan fingerprint density at radius 3 is 1.74 bits per heavy atom. The second kappa shape index (κ2) is 18.3. The molecule has 0 aliphatic carbocycles. The maximum absolute atomic E-state index is 13.4. The minimum Gasteiger partial charge on any atom is -0.497 e. The molecule has 3 fully saturated rings. The number of carbonyl (C=O) groups excluding carboxylic acids is 4. The molecule has 0 bridgehead atoms. The van der Waals surface area contributed by atoms with Crippen LogP contribution in [0.15, 0.2) is 66.7 Å². The fourth-order valence-electron chi connectivity index (χ4n) is 6.88. The first-order valence-electron chi connectivity index (χ1n) is 17.8. The van der Waals surface area contributed by atoms with E-state index in [4.69, 9.17) is 28.8 Å². The van der Waals surface area contributed by atoms with Crippen LogP contribution in [0.3, 0.4) is 0 Å². The number of benzene rings is 3. The minimum atomic E-state index is -0.853. The predicted molar refractivity (Wildman–Crippen MR) is 195 cm³/mol. The van der Waals surface area contributed by atoms with Gasteiger partial charge in [0, 0.05) is 62.3 Å². The van der Waals surface area contributed by atoms with Gasteiger partial charge < -0.3 is 38.6 Å². The van der Waals surface area contributed by atoms with Crippen LogP contribution in [0.5, 0.6) is 23.0 Å². The van der Waals surface area contributed by atoms with Crippen LogP contribution >= 0.6 is 0 Å². The van der Waals surface area contributed by atoms with Crippen LogP contribution in [0.2, 0.25) is 0 Å². The Morgan fingerprint density at radius 1 is 0.722 bits per heavy atom. The molecule has 0 aromatic heterocycles. The van der Waals surface area contributed by atoms with E-state index in [1.54, 1.807) is 56.4 Å².